The Morgan fingerprint density at radius 3 is 2.53 bits per heavy atom. The molecule has 2 aromatic carbocycles. The van der Waals surface area contributed by atoms with Gasteiger partial charge in [-0.3, -0.25) is 9.36 Å². The molecule has 0 bridgehead atoms. The number of carbonyl (C=O) groups is 1. The highest BCUT2D eigenvalue weighted by molar-refractivity contribution is 7.99. The second-order valence-corrected chi connectivity index (χ2v) is 9.70. The number of rotatable bonds is 7. The van der Waals surface area contributed by atoms with Crippen LogP contribution in [0.15, 0.2) is 70.4 Å². The van der Waals surface area contributed by atoms with Gasteiger partial charge in [-0.05, 0) is 35.2 Å². The monoisotopic (exact) mass is 482 g/mol. The van der Waals surface area contributed by atoms with Gasteiger partial charge in [0, 0.05) is 11.6 Å². The maximum atomic E-state index is 13.8. The average Bonchev–Trinajstić information content (AvgIpc) is 3.45. The van der Waals surface area contributed by atoms with Crippen molar-refractivity contribution in [2.24, 2.45) is 0 Å². The molecule has 0 aliphatic rings. The fourth-order valence-corrected chi connectivity index (χ4v) is 4.08. The van der Waals surface area contributed by atoms with Crippen LogP contribution in [0, 0.1) is 11.6 Å². The quantitative estimate of drug-likeness (QED) is 0.333. The van der Waals surface area contributed by atoms with E-state index in [2.05, 4.69) is 48.4 Å². The third kappa shape index (κ3) is 5.53. The van der Waals surface area contributed by atoms with Gasteiger partial charge in [0.15, 0.2) is 11.0 Å². The van der Waals surface area contributed by atoms with E-state index in [9.17, 15) is 13.6 Å². The van der Waals surface area contributed by atoms with Crippen LogP contribution in [-0.2, 0) is 16.8 Å². The third-order valence-electron chi connectivity index (χ3n) is 5.15. The van der Waals surface area contributed by atoms with Gasteiger partial charge < -0.3 is 9.73 Å². The van der Waals surface area contributed by atoms with Crippen molar-refractivity contribution in [3.8, 4) is 11.4 Å². The predicted molar refractivity (Wildman–Crippen MR) is 128 cm³/mol. The number of hydrogen-bond donors (Lipinski definition) is 1. The minimum Gasteiger partial charge on any atom is -0.467 e. The lowest BCUT2D eigenvalue weighted by molar-refractivity contribution is -0.113. The summed E-state index contributed by atoms with van der Waals surface area (Å²) in [5, 5.41) is 11.5. The summed E-state index contributed by atoms with van der Waals surface area (Å²) in [4.78, 5) is 12.4. The molecule has 1 N–H and O–H groups in total. The number of hydrogen-bond acceptors (Lipinski definition) is 5. The Bertz CT molecular complexity index is 1280. The molecule has 0 spiro atoms. The maximum Gasteiger partial charge on any atom is 0.234 e. The first kappa shape index (κ1) is 23.7. The van der Waals surface area contributed by atoms with Crippen LogP contribution >= 0.6 is 11.8 Å². The van der Waals surface area contributed by atoms with Crippen molar-refractivity contribution in [1.82, 2.24) is 14.8 Å². The van der Waals surface area contributed by atoms with Gasteiger partial charge >= 0.3 is 0 Å². The molecule has 2 aromatic heterocycles. The highest BCUT2D eigenvalue weighted by Gasteiger charge is 2.19. The number of aromatic nitrogens is 3. The molecule has 34 heavy (non-hydrogen) atoms. The van der Waals surface area contributed by atoms with E-state index in [0.717, 1.165) is 35.5 Å². The van der Waals surface area contributed by atoms with E-state index < -0.39 is 17.5 Å². The molecule has 176 valence electrons. The summed E-state index contributed by atoms with van der Waals surface area (Å²) in [6.07, 6.45) is 1.59. The lowest BCUT2D eigenvalue weighted by Gasteiger charge is -2.19. The number of furan rings is 1. The Balaban J connectivity index is 1.55. The Hall–Kier alpha value is -3.46. The first-order valence-corrected chi connectivity index (χ1v) is 11.6. The topological polar surface area (TPSA) is 73.0 Å². The molecule has 4 aromatic rings. The Labute approximate surface area is 200 Å². The van der Waals surface area contributed by atoms with E-state index in [1.54, 1.807) is 12.3 Å². The lowest BCUT2D eigenvalue weighted by Crippen LogP contribution is -2.16. The number of thioether (sulfide) groups is 1. The summed E-state index contributed by atoms with van der Waals surface area (Å²) in [5.41, 5.74) is 1.90. The summed E-state index contributed by atoms with van der Waals surface area (Å²) in [5.74, 6) is -0.546. The molecule has 6 nitrogen and oxygen atoms in total. The SMILES string of the molecule is CC(C)(C)c1ccc(-c2nnc(SCC(=O)Nc3cc(F)ccc3F)n2Cc2ccco2)cc1. The van der Waals surface area contributed by atoms with Crippen molar-refractivity contribution in [2.45, 2.75) is 37.9 Å². The average molecular weight is 483 g/mol. The molecule has 0 unspecified atom stereocenters. The van der Waals surface area contributed by atoms with Crippen LogP contribution in [-0.4, -0.2) is 26.4 Å². The molecule has 2 heterocycles. The van der Waals surface area contributed by atoms with Crippen LogP contribution in [0.25, 0.3) is 11.4 Å². The fourth-order valence-electron chi connectivity index (χ4n) is 3.34. The number of anilines is 1. The number of nitrogens with zero attached hydrogens (tertiary/aromatic N) is 3. The first-order chi connectivity index (χ1) is 16.2. The molecule has 0 radical (unpaired) electrons. The molecule has 0 aliphatic heterocycles. The van der Waals surface area contributed by atoms with Gasteiger partial charge in [0.05, 0.1) is 24.2 Å². The van der Waals surface area contributed by atoms with Gasteiger partial charge in [-0.25, -0.2) is 8.78 Å². The predicted octanol–water partition coefficient (Wildman–Crippen LogP) is 5.89. The first-order valence-electron chi connectivity index (χ1n) is 10.6. The van der Waals surface area contributed by atoms with Gasteiger partial charge in [0.2, 0.25) is 5.91 Å². The summed E-state index contributed by atoms with van der Waals surface area (Å²) < 4.78 is 34.6. The van der Waals surface area contributed by atoms with Crippen molar-refractivity contribution in [2.75, 3.05) is 11.1 Å². The second kappa shape index (κ2) is 9.80. The van der Waals surface area contributed by atoms with Crippen LogP contribution < -0.4 is 5.32 Å². The molecular weight excluding hydrogens is 458 g/mol. The second-order valence-electron chi connectivity index (χ2n) is 8.76. The van der Waals surface area contributed by atoms with Crippen LogP contribution in [0.4, 0.5) is 14.5 Å². The molecule has 0 saturated carbocycles. The molecule has 0 fully saturated rings. The molecule has 0 atom stereocenters. The zero-order chi connectivity index (χ0) is 24.3. The van der Waals surface area contributed by atoms with Gasteiger partial charge in [0.25, 0.3) is 0 Å². The number of benzene rings is 2. The van der Waals surface area contributed by atoms with E-state index >= 15 is 0 Å². The van der Waals surface area contributed by atoms with Gasteiger partial charge in [0.1, 0.15) is 17.4 Å². The molecule has 1 amide bonds. The van der Waals surface area contributed by atoms with Crippen molar-refractivity contribution < 1.29 is 18.0 Å². The zero-order valence-corrected chi connectivity index (χ0v) is 19.8. The van der Waals surface area contributed by atoms with Gasteiger partial charge in [-0.15, -0.1) is 10.2 Å². The largest absolute Gasteiger partial charge is 0.467 e. The minimum atomic E-state index is -0.707. The highest BCUT2D eigenvalue weighted by atomic mass is 32.2. The molecular formula is C25H24F2N4O2S. The van der Waals surface area contributed by atoms with Crippen molar-refractivity contribution in [3.63, 3.8) is 0 Å². The van der Waals surface area contributed by atoms with E-state index in [1.165, 1.54) is 5.56 Å². The van der Waals surface area contributed by atoms with Crippen molar-refractivity contribution >= 4 is 23.4 Å². The summed E-state index contributed by atoms with van der Waals surface area (Å²) in [6.45, 7) is 6.82. The van der Waals surface area contributed by atoms with Crippen LogP contribution in [0.2, 0.25) is 0 Å². The lowest BCUT2D eigenvalue weighted by atomic mass is 9.87. The van der Waals surface area contributed by atoms with Gasteiger partial charge in [-0.1, -0.05) is 56.8 Å². The highest BCUT2D eigenvalue weighted by Crippen LogP contribution is 2.28. The van der Waals surface area contributed by atoms with Crippen molar-refractivity contribution in [3.05, 3.63) is 83.8 Å². The Morgan fingerprint density at radius 2 is 1.85 bits per heavy atom. The zero-order valence-electron chi connectivity index (χ0n) is 19.0. The van der Waals surface area contributed by atoms with Crippen LogP contribution in [0.3, 0.4) is 0 Å². The van der Waals surface area contributed by atoms with E-state index in [0.29, 0.717) is 23.3 Å². The van der Waals surface area contributed by atoms with Gasteiger partial charge in [-0.2, -0.15) is 0 Å². The summed E-state index contributed by atoms with van der Waals surface area (Å²) >= 11 is 1.15. The number of nitrogens with one attached hydrogen (secondary N) is 1. The molecule has 9 heteroatoms. The standard InChI is InChI=1S/C25H24F2N4O2S/c1-25(2,3)17-8-6-16(7-9-17)23-29-30-24(31(23)14-19-5-4-12-33-19)34-15-22(32)28-21-13-18(26)10-11-20(21)27/h4-13H,14-15H2,1-3H3,(H,28,32). The van der Waals surface area contributed by atoms with E-state index in [-0.39, 0.29) is 16.9 Å². The third-order valence-corrected chi connectivity index (χ3v) is 6.12. The molecule has 0 aliphatic carbocycles. The summed E-state index contributed by atoms with van der Waals surface area (Å²) in [7, 11) is 0. The number of carbonyl (C=O) groups excluding carboxylic acids is 1. The maximum absolute atomic E-state index is 13.8. The fraction of sp³-hybridized carbons (Fsp3) is 0.240. The molecule has 4 rings (SSSR count). The normalized spacial score (nSPS) is 11.6. The Kier molecular flexibility index (Phi) is 6.83. The smallest absolute Gasteiger partial charge is 0.234 e. The minimum absolute atomic E-state index is 0.0237. The van der Waals surface area contributed by atoms with Crippen LogP contribution in [0.5, 0.6) is 0 Å². The number of amides is 1. The van der Waals surface area contributed by atoms with Crippen molar-refractivity contribution in [1.29, 1.82) is 0 Å². The van der Waals surface area contributed by atoms with E-state index in [4.69, 9.17) is 4.42 Å². The van der Waals surface area contributed by atoms with E-state index in [1.807, 2.05) is 22.8 Å². The number of halogens is 2. The van der Waals surface area contributed by atoms with Crippen LogP contribution in [0.1, 0.15) is 32.1 Å². The summed E-state index contributed by atoms with van der Waals surface area (Å²) in [6, 6.07) is 14.7. The molecule has 0 saturated heterocycles. The Morgan fingerprint density at radius 1 is 1.09 bits per heavy atom.